The summed E-state index contributed by atoms with van der Waals surface area (Å²) in [7, 11) is 1.50. The SMILES string of the molecule is CNC(=O)c1cccc(NC(=O)COC(=O)c2ccc(COc3ccc(F)cc3)o2)c1. The number of halogens is 1. The first-order chi connectivity index (χ1) is 14.9. The summed E-state index contributed by atoms with van der Waals surface area (Å²) >= 11 is 0. The second kappa shape index (κ2) is 10.1. The lowest BCUT2D eigenvalue weighted by Gasteiger charge is -2.07. The molecule has 31 heavy (non-hydrogen) atoms. The zero-order valence-corrected chi connectivity index (χ0v) is 16.5. The Labute approximate surface area is 177 Å². The lowest BCUT2D eigenvalue weighted by Crippen LogP contribution is -2.21. The molecule has 0 spiro atoms. The summed E-state index contributed by atoms with van der Waals surface area (Å²) in [6, 6.07) is 14.7. The molecular weight excluding hydrogens is 407 g/mol. The summed E-state index contributed by atoms with van der Waals surface area (Å²) in [6.07, 6.45) is 0. The van der Waals surface area contributed by atoms with Gasteiger partial charge in [-0.25, -0.2) is 9.18 Å². The summed E-state index contributed by atoms with van der Waals surface area (Å²) in [5, 5.41) is 5.03. The molecule has 0 unspecified atom stereocenters. The van der Waals surface area contributed by atoms with Crippen LogP contribution in [0.15, 0.2) is 65.1 Å². The second-order valence-electron chi connectivity index (χ2n) is 6.29. The molecule has 1 heterocycles. The first-order valence-electron chi connectivity index (χ1n) is 9.21. The van der Waals surface area contributed by atoms with Crippen molar-refractivity contribution >= 4 is 23.5 Å². The van der Waals surface area contributed by atoms with E-state index in [1.807, 2.05) is 0 Å². The molecule has 0 aliphatic rings. The summed E-state index contributed by atoms with van der Waals surface area (Å²) < 4.78 is 28.6. The average Bonchev–Trinajstić information content (AvgIpc) is 3.26. The molecule has 3 aromatic rings. The van der Waals surface area contributed by atoms with Crippen LogP contribution in [0.3, 0.4) is 0 Å². The van der Waals surface area contributed by atoms with Crippen molar-refractivity contribution in [3.63, 3.8) is 0 Å². The third-order valence-corrected chi connectivity index (χ3v) is 4.03. The molecule has 3 rings (SSSR count). The van der Waals surface area contributed by atoms with Gasteiger partial charge in [-0.1, -0.05) is 6.07 Å². The maximum atomic E-state index is 12.9. The number of hydrogen-bond acceptors (Lipinski definition) is 6. The van der Waals surface area contributed by atoms with Crippen molar-refractivity contribution < 1.29 is 32.7 Å². The Bertz CT molecular complexity index is 1080. The predicted octanol–water partition coefficient (Wildman–Crippen LogP) is 3.15. The van der Waals surface area contributed by atoms with Gasteiger partial charge in [0.15, 0.2) is 6.61 Å². The quantitative estimate of drug-likeness (QED) is 0.536. The highest BCUT2D eigenvalue weighted by Gasteiger charge is 2.15. The number of rotatable bonds is 8. The Morgan fingerprint density at radius 2 is 1.81 bits per heavy atom. The van der Waals surface area contributed by atoms with E-state index in [1.54, 1.807) is 18.2 Å². The van der Waals surface area contributed by atoms with Gasteiger partial charge in [0.1, 0.15) is 23.9 Å². The molecule has 9 heteroatoms. The second-order valence-corrected chi connectivity index (χ2v) is 6.29. The summed E-state index contributed by atoms with van der Waals surface area (Å²) in [6.45, 7) is -0.508. The molecule has 0 atom stereocenters. The van der Waals surface area contributed by atoms with Gasteiger partial charge < -0.3 is 24.5 Å². The van der Waals surface area contributed by atoms with Crippen molar-refractivity contribution in [3.8, 4) is 5.75 Å². The van der Waals surface area contributed by atoms with E-state index in [-0.39, 0.29) is 24.1 Å². The van der Waals surface area contributed by atoms with Crippen LogP contribution in [0, 0.1) is 5.82 Å². The number of nitrogens with one attached hydrogen (secondary N) is 2. The smallest absolute Gasteiger partial charge is 0.374 e. The number of esters is 1. The number of hydrogen-bond donors (Lipinski definition) is 2. The molecule has 2 amide bonds. The van der Waals surface area contributed by atoms with E-state index in [4.69, 9.17) is 13.9 Å². The summed E-state index contributed by atoms with van der Waals surface area (Å²) in [5.74, 6) is -1.35. The van der Waals surface area contributed by atoms with E-state index in [0.29, 0.717) is 22.8 Å². The largest absolute Gasteiger partial charge is 0.486 e. The minimum absolute atomic E-state index is 0.0288. The van der Waals surface area contributed by atoms with Gasteiger partial charge in [-0.05, 0) is 54.6 Å². The number of ether oxygens (including phenoxy) is 2. The molecule has 160 valence electrons. The van der Waals surface area contributed by atoms with Gasteiger partial charge in [0, 0.05) is 18.3 Å². The normalized spacial score (nSPS) is 10.3. The van der Waals surface area contributed by atoms with Gasteiger partial charge in [0.25, 0.3) is 11.8 Å². The van der Waals surface area contributed by atoms with Crippen LogP contribution in [-0.4, -0.2) is 31.4 Å². The predicted molar refractivity (Wildman–Crippen MR) is 108 cm³/mol. The van der Waals surface area contributed by atoms with Crippen molar-refractivity contribution in [3.05, 3.63) is 83.6 Å². The van der Waals surface area contributed by atoms with Crippen molar-refractivity contribution in [1.82, 2.24) is 5.32 Å². The molecule has 2 N–H and O–H groups in total. The molecule has 1 aromatic heterocycles. The number of carbonyl (C=O) groups excluding carboxylic acids is 3. The Kier molecular flexibility index (Phi) is 7.00. The van der Waals surface area contributed by atoms with E-state index in [0.717, 1.165) is 0 Å². The van der Waals surface area contributed by atoms with Crippen LogP contribution in [0.4, 0.5) is 10.1 Å². The number of furan rings is 1. The van der Waals surface area contributed by atoms with Crippen molar-refractivity contribution in [2.75, 3.05) is 19.0 Å². The minimum atomic E-state index is -0.817. The Balaban J connectivity index is 1.47. The molecule has 8 nitrogen and oxygen atoms in total. The zero-order chi connectivity index (χ0) is 22.2. The minimum Gasteiger partial charge on any atom is -0.486 e. The Morgan fingerprint density at radius 3 is 2.55 bits per heavy atom. The van der Waals surface area contributed by atoms with Gasteiger partial charge in [-0.2, -0.15) is 0 Å². The van der Waals surface area contributed by atoms with Gasteiger partial charge >= 0.3 is 5.97 Å². The van der Waals surface area contributed by atoms with Gasteiger partial charge in [0.05, 0.1) is 0 Å². The fraction of sp³-hybridized carbons (Fsp3) is 0.136. The number of carbonyl (C=O) groups is 3. The third kappa shape index (κ3) is 6.17. The molecule has 0 aliphatic carbocycles. The fourth-order valence-electron chi connectivity index (χ4n) is 2.53. The summed E-state index contributed by atoms with van der Waals surface area (Å²) in [4.78, 5) is 35.7. The lowest BCUT2D eigenvalue weighted by atomic mass is 10.2. The van der Waals surface area contributed by atoms with Crippen LogP contribution < -0.4 is 15.4 Å². The first-order valence-corrected chi connectivity index (χ1v) is 9.21. The monoisotopic (exact) mass is 426 g/mol. The highest BCUT2D eigenvalue weighted by Crippen LogP contribution is 2.16. The molecular formula is C22H19FN2O6. The fourth-order valence-corrected chi connectivity index (χ4v) is 2.53. The topological polar surface area (TPSA) is 107 Å². The molecule has 0 aliphatic heterocycles. The van der Waals surface area contributed by atoms with Crippen molar-refractivity contribution in [1.29, 1.82) is 0 Å². The molecule has 0 bridgehead atoms. The van der Waals surface area contributed by atoms with Crippen LogP contribution in [0.2, 0.25) is 0 Å². The van der Waals surface area contributed by atoms with Crippen molar-refractivity contribution in [2.45, 2.75) is 6.61 Å². The van der Waals surface area contributed by atoms with E-state index in [1.165, 1.54) is 49.5 Å². The Morgan fingerprint density at radius 1 is 1.03 bits per heavy atom. The van der Waals surface area contributed by atoms with Gasteiger partial charge in [-0.15, -0.1) is 0 Å². The third-order valence-electron chi connectivity index (χ3n) is 4.03. The van der Waals surface area contributed by atoms with Crippen molar-refractivity contribution in [2.24, 2.45) is 0 Å². The molecule has 0 saturated carbocycles. The Hall–Kier alpha value is -4.14. The van der Waals surface area contributed by atoms with Crippen LogP contribution in [0.5, 0.6) is 5.75 Å². The van der Waals surface area contributed by atoms with Crippen LogP contribution in [0.1, 0.15) is 26.7 Å². The number of amides is 2. The van der Waals surface area contributed by atoms with E-state index < -0.39 is 18.5 Å². The first kappa shape index (κ1) is 21.6. The number of anilines is 1. The molecule has 0 fully saturated rings. The number of benzene rings is 2. The average molecular weight is 426 g/mol. The van der Waals surface area contributed by atoms with E-state index in [9.17, 15) is 18.8 Å². The maximum Gasteiger partial charge on any atom is 0.374 e. The van der Waals surface area contributed by atoms with Crippen LogP contribution in [-0.2, 0) is 16.1 Å². The zero-order valence-electron chi connectivity index (χ0n) is 16.5. The molecule has 0 radical (unpaired) electrons. The molecule has 2 aromatic carbocycles. The van der Waals surface area contributed by atoms with Crippen LogP contribution in [0.25, 0.3) is 0 Å². The maximum absolute atomic E-state index is 12.9. The van der Waals surface area contributed by atoms with Crippen LogP contribution >= 0.6 is 0 Å². The van der Waals surface area contributed by atoms with Gasteiger partial charge in [0.2, 0.25) is 5.76 Å². The molecule has 0 saturated heterocycles. The summed E-state index contributed by atoms with van der Waals surface area (Å²) in [5.41, 5.74) is 0.767. The highest BCUT2D eigenvalue weighted by atomic mass is 19.1. The van der Waals surface area contributed by atoms with Gasteiger partial charge in [-0.3, -0.25) is 9.59 Å². The van der Waals surface area contributed by atoms with E-state index >= 15 is 0 Å². The highest BCUT2D eigenvalue weighted by molar-refractivity contribution is 5.98. The lowest BCUT2D eigenvalue weighted by molar-refractivity contribution is -0.119. The standard InChI is InChI=1S/C22H19FN2O6/c1-24-21(27)14-3-2-4-16(11-14)25-20(26)13-30-22(28)19-10-9-18(31-19)12-29-17-7-5-15(23)6-8-17/h2-11H,12-13H2,1H3,(H,24,27)(H,25,26). The van der Waals surface area contributed by atoms with E-state index in [2.05, 4.69) is 10.6 Å².